The molecule has 0 aliphatic carbocycles. The number of nitrogens with one attached hydrogen (secondary N) is 1. The van der Waals surface area contributed by atoms with Crippen LogP contribution in [0.5, 0.6) is 0 Å². The van der Waals surface area contributed by atoms with Gasteiger partial charge in [-0.05, 0) is 43.7 Å². The fourth-order valence-corrected chi connectivity index (χ4v) is 3.97. The predicted molar refractivity (Wildman–Crippen MR) is 108 cm³/mol. The van der Waals surface area contributed by atoms with Crippen LogP contribution in [-0.2, 0) is 0 Å². The minimum absolute atomic E-state index is 0.140. The number of furan rings is 1. The number of aryl methyl sites for hydroxylation is 2. The Kier molecular flexibility index (Phi) is 4.02. The quantitative estimate of drug-likeness (QED) is 0.469. The molecule has 5 aromatic rings. The molecule has 9 heteroatoms. The van der Waals surface area contributed by atoms with Gasteiger partial charge in [0.1, 0.15) is 5.82 Å². The lowest BCUT2D eigenvalue weighted by Crippen LogP contribution is -2.15. The monoisotopic (exact) mass is 405 g/mol. The second kappa shape index (κ2) is 6.71. The second-order valence-electron chi connectivity index (χ2n) is 6.56. The van der Waals surface area contributed by atoms with Gasteiger partial charge >= 0.3 is 0 Å². The van der Waals surface area contributed by atoms with Crippen LogP contribution in [0.4, 0.5) is 5.82 Å². The lowest BCUT2D eigenvalue weighted by Gasteiger charge is -2.04. The van der Waals surface area contributed by atoms with E-state index in [0.717, 1.165) is 21.5 Å². The van der Waals surface area contributed by atoms with Crippen LogP contribution in [0.1, 0.15) is 21.7 Å². The highest BCUT2D eigenvalue weighted by Gasteiger charge is 2.19. The molecule has 1 aromatic carbocycles. The number of carbonyl (C=O) groups is 1. The van der Waals surface area contributed by atoms with Gasteiger partial charge < -0.3 is 14.3 Å². The zero-order chi connectivity index (χ0) is 20.0. The molecule has 0 atom stereocenters. The first kappa shape index (κ1) is 17.4. The number of amides is 1. The summed E-state index contributed by atoms with van der Waals surface area (Å²) < 4.78 is 13.1. The summed E-state index contributed by atoms with van der Waals surface area (Å²) in [6.45, 7) is 3.90. The Balaban J connectivity index is 1.45. The molecule has 0 saturated carbocycles. The second-order valence-corrected chi connectivity index (χ2v) is 7.57. The van der Waals surface area contributed by atoms with E-state index in [1.165, 1.54) is 23.7 Å². The summed E-state index contributed by atoms with van der Waals surface area (Å²) in [5.41, 5.74) is 2.95. The summed E-state index contributed by atoms with van der Waals surface area (Å²) in [7, 11) is 0. The van der Waals surface area contributed by atoms with E-state index >= 15 is 0 Å². The van der Waals surface area contributed by atoms with E-state index in [2.05, 4.69) is 26.6 Å². The minimum atomic E-state index is -0.412. The lowest BCUT2D eigenvalue weighted by atomic mass is 10.2. The lowest BCUT2D eigenvalue weighted by molar-refractivity contribution is 0.101. The van der Waals surface area contributed by atoms with Gasteiger partial charge in [-0.25, -0.2) is 4.98 Å². The molecule has 29 heavy (non-hydrogen) atoms. The van der Waals surface area contributed by atoms with Crippen molar-refractivity contribution in [2.45, 2.75) is 13.8 Å². The molecule has 0 spiro atoms. The van der Waals surface area contributed by atoms with Gasteiger partial charge in [0.25, 0.3) is 5.91 Å². The average Bonchev–Trinajstić information content (AvgIpc) is 3.47. The van der Waals surface area contributed by atoms with Crippen LogP contribution >= 0.6 is 11.3 Å². The molecule has 0 bridgehead atoms. The molecule has 8 nitrogen and oxygen atoms in total. The summed E-state index contributed by atoms with van der Waals surface area (Å²) in [6.07, 6.45) is 1.53. The van der Waals surface area contributed by atoms with Gasteiger partial charge in [-0.1, -0.05) is 22.6 Å². The van der Waals surface area contributed by atoms with Crippen LogP contribution in [-0.4, -0.2) is 25.8 Å². The van der Waals surface area contributed by atoms with Crippen molar-refractivity contribution in [3.63, 3.8) is 0 Å². The third-order valence-electron chi connectivity index (χ3n) is 4.29. The fraction of sp³-hybridized carbons (Fsp3) is 0.100. The van der Waals surface area contributed by atoms with Crippen molar-refractivity contribution >= 4 is 33.3 Å². The van der Waals surface area contributed by atoms with Crippen molar-refractivity contribution < 1.29 is 13.7 Å². The Labute approximate surface area is 168 Å². The van der Waals surface area contributed by atoms with Crippen molar-refractivity contribution in [3.05, 3.63) is 65.7 Å². The molecule has 0 aliphatic heterocycles. The first-order chi connectivity index (χ1) is 14.1. The number of hydrogen-bond acceptors (Lipinski definition) is 7. The Hall–Kier alpha value is -3.72. The zero-order valence-electron chi connectivity index (χ0n) is 15.5. The van der Waals surface area contributed by atoms with E-state index in [-0.39, 0.29) is 5.69 Å². The largest absolute Gasteiger partial charge is 0.461 e. The number of rotatable bonds is 4. The third kappa shape index (κ3) is 3.21. The Morgan fingerprint density at radius 2 is 2.03 bits per heavy atom. The number of fused-ring (bicyclic) bond motifs is 1. The first-order valence-electron chi connectivity index (χ1n) is 8.83. The Bertz CT molecular complexity index is 1330. The third-order valence-corrected chi connectivity index (χ3v) is 5.29. The fourth-order valence-electron chi connectivity index (χ4n) is 2.94. The number of hydrogen-bond donors (Lipinski definition) is 1. The molecular weight excluding hydrogens is 390 g/mol. The van der Waals surface area contributed by atoms with Gasteiger partial charge in [0.15, 0.2) is 11.5 Å². The van der Waals surface area contributed by atoms with Gasteiger partial charge in [-0.3, -0.25) is 4.79 Å². The maximum absolute atomic E-state index is 12.7. The minimum Gasteiger partial charge on any atom is -0.461 e. The summed E-state index contributed by atoms with van der Waals surface area (Å²) in [6, 6.07) is 12.9. The van der Waals surface area contributed by atoms with Crippen LogP contribution in [0.3, 0.4) is 0 Å². The maximum atomic E-state index is 12.7. The topological polar surface area (TPSA) is 99.0 Å². The summed E-state index contributed by atoms with van der Waals surface area (Å²) in [5, 5.41) is 11.8. The molecule has 0 fully saturated rings. The molecule has 0 unspecified atom stereocenters. The molecule has 4 aromatic heterocycles. The van der Waals surface area contributed by atoms with E-state index in [1.54, 1.807) is 22.9 Å². The summed E-state index contributed by atoms with van der Waals surface area (Å²) in [5.74, 6) is 0.976. The van der Waals surface area contributed by atoms with Gasteiger partial charge in [-0.2, -0.15) is 9.78 Å². The highest BCUT2D eigenvalue weighted by Crippen LogP contribution is 2.28. The van der Waals surface area contributed by atoms with Crippen LogP contribution in [0.2, 0.25) is 0 Å². The first-order valence-corrected chi connectivity index (χ1v) is 9.65. The molecule has 0 aliphatic rings. The number of benzene rings is 1. The molecule has 1 N–H and O–H groups in total. The number of thiazole rings is 1. The predicted octanol–water partition coefficient (Wildman–Crippen LogP) is 4.60. The van der Waals surface area contributed by atoms with Crippen molar-refractivity contribution in [1.29, 1.82) is 0 Å². The van der Waals surface area contributed by atoms with E-state index in [4.69, 9.17) is 8.94 Å². The molecular formula is C20H15N5O3S. The number of aromatic nitrogens is 4. The Morgan fingerprint density at radius 3 is 2.86 bits per heavy atom. The van der Waals surface area contributed by atoms with Gasteiger partial charge in [0.05, 0.1) is 22.2 Å². The van der Waals surface area contributed by atoms with Crippen LogP contribution < -0.4 is 5.32 Å². The van der Waals surface area contributed by atoms with Crippen molar-refractivity contribution in [3.8, 4) is 16.7 Å². The molecule has 144 valence electrons. The number of nitrogens with zero attached hydrogens (tertiary/aromatic N) is 4. The van der Waals surface area contributed by atoms with Gasteiger partial charge in [-0.15, -0.1) is 0 Å². The average molecular weight is 405 g/mol. The number of carbonyl (C=O) groups excluding carboxylic acids is 1. The van der Waals surface area contributed by atoms with Crippen LogP contribution in [0, 0.1) is 13.8 Å². The molecule has 5 rings (SSSR count). The maximum Gasteiger partial charge on any atom is 0.279 e. The van der Waals surface area contributed by atoms with E-state index < -0.39 is 5.91 Å². The highest BCUT2D eigenvalue weighted by atomic mass is 32.1. The summed E-state index contributed by atoms with van der Waals surface area (Å²) in [4.78, 5) is 17.3. The molecule has 4 heterocycles. The van der Waals surface area contributed by atoms with E-state index in [0.29, 0.717) is 22.5 Å². The molecule has 0 saturated heterocycles. The number of anilines is 1. The Morgan fingerprint density at radius 1 is 1.14 bits per heavy atom. The van der Waals surface area contributed by atoms with E-state index in [1.807, 2.05) is 26.0 Å². The standard InChI is InChI=1S/C20H15N5O3S/c1-11-5-6-13-17(8-11)29-20(21-13)25-18(9-12(2)23-25)22-19(26)14-10-16(28-24-14)15-4-3-7-27-15/h3-10H,1-2H3,(H,22,26). The smallest absolute Gasteiger partial charge is 0.279 e. The van der Waals surface area contributed by atoms with Crippen molar-refractivity contribution in [1.82, 2.24) is 19.9 Å². The molecule has 1 amide bonds. The highest BCUT2D eigenvalue weighted by molar-refractivity contribution is 7.20. The van der Waals surface area contributed by atoms with E-state index in [9.17, 15) is 4.79 Å². The summed E-state index contributed by atoms with van der Waals surface area (Å²) >= 11 is 1.51. The van der Waals surface area contributed by atoms with Gasteiger partial charge in [0.2, 0.25) is 10.9 Å². The van der Waals surface area contributed by atoms with Gasteiger partial charge in [0, 0.05) is 12.1 Å². The van der Waals surface area contributed by atoms with Crippen LogP contribution in [0.25, 0.3) is 26.9 Å². The normalized spacial score (nSPS) is 11.2. The van der Waals surface area contributed by atoms with Crippen LogP contribution in [0.15, 0.2) is 57.7 Å². The zero-order valence-corrected chi connectivity index (χ0v) is 16.4. The molecule has 0 radical (unpaired) electrons. The van der Waals surface area contributed by atoms with Crippen molar-refractivity contribution in [2.75, 3.05) is 5.32 Å². The van der Waals surface area contributed by atoms with Crippen molar-refractivity contribution in [2.24, 2.45) is 0 Å². The SMILES string of the molecule is Cc1ccc2nc(-n3nc(C)cc3NC(=O)c3cc(-c4ccco4)on3)sc2c1.